The molecule has 1 aromatic carbocycles. The van der Waals surface area contributed by atoms with Gasteiger partial charge >= 0.3 is 0 Å². The minimum atomic E-state index is -0.0903. The van der Waals surface area contributed by atoms with Crippen molar-refractivity contribution in [2.75, 3.05) is 14.1 Å². The lowest BCUT2D eigenvalue weighted by atomic mass is 10.1. The fraction of sp³-hybridized carbons (Fsp3) is 0.500. The predicted molar refractivity (Wildman–Crippen MR) is 81.2 cm³/mol. The summed E-state index contributed by atoms with van der Waals surface area (Å²) < 4.78 is 0. The van der Waals surface area contributed by atoms with Crippen LogP contribution in [0.25, 0.3) is 0 Å². The van der Waals surface area contributed by atoms with Crippen molar-refractivity contribution in [3.63, 3.8) is 0 Å². The molecule has 19 heavy (non-hydrogen) atoms. The second-order valence-corrected chi connectivity index (χ2v) is 5.01. The number of rotatable bonds is 6. The van der Waals surface area contributed by atoms with Crippen LogP contribution in [0.2, 0.25) is 0 Å². The van der Waals surface area contributed by atoms with E-state index < -0.39 is 0 Å². The Balaban J connectivity index is 0.00000324. The van der Waals surface area contributed by atoms with Crippen molar-refractivity contribution in [1.29, 1.82) is 0 Å². The van der Waals surface area contributed by atoms with Crippen LogP contribution in [-0.2, 0) is 17.9 Å². The molecule has 4 nitrogen and oxygen atoms in total. The molecule has 0 aliphatic rings. The molecule has 1 aromatic rings. The van der Waals surface area contributed by atoms with Crippen LogP contribution in [0.15, 0.2) is 24.3 Å². The molecular weight excluding hydrogens is 262 g/mol. The van der Waals surface area contributed by atoms with E-state index in [2.05, 4.69) is 22.3 Å². The maximum Gasteiger partial charge on any atom is 0.221 e. The topological polar surface area (TPSA) is 58.4 Å². The van der Waals surface area contributed by atoms with Crippen LogP contribution >= 0.6 is 12.4 Å². The van der Waals surface area contributed by atoms with Crippen molar-refractivity contribution in [1.82, 2.24) is 10.2 Å². The highest BCUT2D eigenvalue weighted by molar-refractivity contribution is 5.85. The molecule has 0 aliphatic carbocycles. The fourth-order valence-electron chi connectivity index (χ4n) is 1.69. The van der Waals surface area contributed by atoms with Gasteiger partial charge in [0.1, 0.15) is 0 Å². The average Bonchev–Trinajstić information content (AvgIpc) is 2.26. The van der Waals surface area contributed by atoms with E-state index in [-0.39, 0.29) is 24.4 Å². The molecule has 0 spiro atoms. The van der Waals surface area contributed by atoms with Gasteiger partial charge in [0.2, 0.25) is 5.91 Å². The Morgan fingerprint density at radius 3 is 2.26 bits per heavy atom. The van der Waals surface area contributed by atoms with Crippen molar-refractivity contribution in [2.24, 2.45) is 5.73 Å². The summed E-state index contributed by atoms with van der Waals surface area (Å²) in [6, 6.07) is 8.18. The van der Waals surface area contributed by atoms with Gasteiger partial charge in [-0.25, -0.2) is 0 Å². The van der Waals surface area contributed by atoms with Crippen LogP contribution in [0.1, 0.15) is 24.5 Å². The zero-order valence-corrected chi connectivity index (χ0v) is 12.7. The van der Waals surface area contributed by atoms with Crippen LogP contribution in [0.5, 0.6) is 0 Å². The monoisotopic (exact) mass is 285 g/mol. The Kier molecular flexibility index (Phi) is 8.39. The van der Waals surface area contributed by atoms with Gasteiger partial charge in [0, 0.05) is 25.6 Å². The molecule has 0 aromatic heterocycles. The SMILES string of the molecule is CC(N)CC(=O)NCc1ccc(CN(C)C)cc1.Cl. The maximum atomic E-state index is 11.4. The Morgan fingerprint density at radius 1 is 1.26 bits per heavy atom. The largest absolute Gasteiger partial charge is 0.352 e. The molecule has 3 N–H and O–H groups in total. The van der Waals surface area contributed by atoms with Crippen LogP contribution in [0, 0.1) is 0 Å². The summed E-state index contributed by atoms with van der Waals surface area (Å²) in [5.41, 5.74) is 7.94. The van der Waals surface area contributed by atoms with E-state index in [0.717, 1.165) is 12.1 Å². The van der Waals surface area contributed by atoms with Gasteiger partial charge in [-0.15, -0.1) is 12.4 Å². The molecule has 0 heterocycles. The highest BCUT2D eigenvalue weighted by Crippen LogP contribution is 2.06. The molecule has 1 amide bonds. The number of nitrogens with zero attached hydrogens (tertiary/aromatic N) is 1. The first-order valence-corrected chi connectivity index (χ1v) is 6.22. The summed E-state index contributed by atoms with van der Waals surface area (Å²) in [6.45, 7) is 3.32. The molecule has 0 bridgehead atoms. The number of nitrogens with one attached hydrogen (secondary N) is 1. The van der Waals surface area contributed by atoms with Crippen LogP contribution in [-0.4, -0.2) is 30.9 Å². The van der Waals surface area contributed by atoms with E-state index in [1.807, 2.05) is 33.2 Å². The van der Waals surface area contributed by atoms with Gasteiger partial charge in [0.25, 0.3) is 0 Å². The van der Waals surface area contributed by atoms with Gasteiger partial charge in [0.05, 0.1) is 0 Å². The molecule has 0 saturated carbocycles. The maximum absolute atomic E-state index is 11.4. The van der Waals surface area contributed by atoms with Crippen LogP contribution in [0.3, 0.4) is 0 Å². The molecule has 5 heteroatoms. The number of hydrogen-bond donors (Lipinski definition) is 2. The highest BCUT2D eigenvalue weighted by atomic mass is 35.5. The molecule has 1 atom stereocenters. The van der Waals surface area contributed by atoms with Gasteiger partial charge in [-0.1, -0.05) is 24.3 Å². The smallest absolute Gasteiger partial charge is 0.221 e. The normalized spacial score (nSPS) is 11.8. The Morgan fingerprint density at radius 2 is 1.79 bits per heavy atom. The zero-order valence-electron chi connectivity index (χ0n) is 11.8. The number of hydrogen-bond acceptors (Lipinski definition) is 3. The predicted octanol–water partition coefficient (Wildman–Crippen LogP) is 1.52. The summed E-state index contributed by atoms with van der Waals surface area (Å²) in [5, 5.41) is 2.86. The van der Waals surface area contributed by atoms with E-state index in [4.69, 9.17) is 5.73 Å². The molecule has 1 rings (SSSR count). The quantitative estimate of drug-likeness (QED) is 0.833. The number of nitrogens with two attached hydrogens (primary N) is 1. The van der Waals surface area contributed by atoms with Crippen molar-refractivity contribution in [3.05, 3.63) is 35.4 Å². The Labute approximate surface area is 121 Å². The summed E-state index contributed by atoms with van der Waals surface area (Å²) >= 11 is 0. The van der Waals surface area contributed by atoms with E-state index in [0.29, 0.717) is 13.0 Å². The van der Waals surface area contributed by atoms with E-state index in [1.54, 1.807) is 0 Å². The number of carbonyl (C=O) groups is 1. The van der Waals surface area contributed by atoms with Gasteiger partial charge in [0.15, 0.2) is 0 Å². The molecule has 0 radical (unpaired) electrons. The molecule has 108 valence electrons. The standard InChI is InChI=1S/C14H23N3O.ClH/c1-11(15)8-14(18)16-9-12-4-6-13(7-5-12)10-17(2)3;/h4-7,11H,8-10,15H2,1-3H3,(H,16,18);1H. The molecule has 0 fully saturated rings. The summed E-state index contributed by atoms with van der Waals surface area (Å²) in [5.74, 6) is 0.00219. The van der Waals surface area contributed by atoms with Crippen molar-refractivity contribution >= 4 is 18.3 Å². The molecule has 1 unspecified atom stereocenters. The number of carbonyl (C=O) groups excluding carboxylic acids is 1. The number of amides is 1. The summed E-state index contributed by atoms with van der Waals surface area (Å²) in [6.07, 6.45) is 0.374. The van der Waals surface area contributed by atoms with Crippen molar-refractivity contribution in [3.8, 4) is 0 Å². The third-order valence-corrected chi connectivity index (χ3v) is 2.52. The summed E-state index contributed by atoms with van der Waals surface area (Å²) in [4.78, 5) is 13.6. The Bertz CT molecular complexity index is 377. The van der Waals surface area contributed by atoms with Gasteiger partial charge < -0.3 is 16.0 Å². The Hall–Kier alpha value is -1.10. The minimum absolute atomic E-state index is 0. The van der Waals surface area contributed by atoms with Crippen LogP contribution in [0.4, 0.5) is 0 Å². The van der Waals surface area contributed by atoms with Gasteiger partial charge in [-0.3, -0.25) is 4.79 Å². The van der Waals surface area contributed by atoms with Crippen LogP contribution < -0.4 is 11.1 Å². The molecular formula is C14H24ClN3O. The van der Waals surface area contributed by atoms with Crippen molar-refractivity contribution < 1.29 is 4.79 Å². The second-order valence-electron chi connectivity index (χ2n) is 5.01. The van der Waals surface area contributed by atoms with Crippen molar-refractivity contribution in [2.45, 2.75) is 32.5 Å². The fourth-order valence-corrected chi connectivity index (χ4v) is 1.69. The second kappa shape index (κ2) is 8.91. The van der Waals surface area contributed by atoms with Gasteiger partial charge in [-0.2, -0.15) is 0 Å². The first-order valence-electron chi connectivity index (χ1n) is 6.22. The zero-order chi connectivity index (χ0) is 13.5. The van der Waals surface area contributed by atoms with E-state index in [1.165, 1.54) is 5.56 Å². The first-order chi connectivity index (χ1) is 8.47. The number of halogens is 1. The lowest BCUT2D eigenvalue weighted by molar-refractivity contribution is -0.121. The molecule has 0 aliphatic heterocycles. The van der Waals surface area contributed by atoms with E-state index in [9.17, 15) is 4.79 Å². The highest BCUT2D eigenvalue weighted by Gasteiger charge is 2.04. The lowest BCUT2D eigenvalue weighted by Gasteiger charge is -2.11. The molecule has 0 saturated heterocycles. The average molecular weight is 286 g/mol. The van der Waals surface area contributed by atoms with Gasteiger partial charge in [-0.05, 0) is 32.1 Å². The van der Waals surface area contributed by atoms with E-state index >= 15 is 0 Å². The first kappa shape index (κ1) is 17.9. The lowest BCUT2D eigenvalue weighted by Crippen LogP contribution is -2.29. The minimum Gasteiger partial charge on any atom is -0.352 e. The number of benzene rings is 1. The summed E-state index contributed by atoms with van der Waals surface area (Å²) in [7, 11) is 4.09. The third-order valence-electron chi connectivity index (χ3n) is 2.52. The third kappa shape index (κ3) is 7.82.